The van der Waals surface area contributed by atoms with Crippen LogP contribution in [0.3, 0.4) is 0 Å². The molecule has 3 rings (SSSR count). The topological polar surface area (TPSA) is 97.1 Å². The van der Waals surface area contributed by atoms with Gasteiger partial charge in [0.05, 0.1) is 11.7 Å². The maximum absolute atomic E-state index is 12.7. The van der Waals surface area contributed by atoms with Gasteiger partial charge in [0.15, 0.2) is 0 Å². The van der Waals surface area contributed by atoms with Gasteiger partial charge in [-0.05, 0) is 43.7 Å². The standard InChI is InChI=1S/C20H19ClN4O2S/c1-11(13-5-9-16(10-6-13)25-20(22)27)23-18(26)17-12(2)24-19(28-17)14-3-7-15(21)8-4-14/h3-11H,1-2H3,(H,23,26)(H3,22,25,27). The average Bonchev–Trinajstić information content (AvgIpc) is 3.04. The van der Waals surface area contributed by atoms with Crippen LogP contribution in [0.15, 0.2) is 48.5 Å². The molecule has 8 heteroatoms. The van der Waals surface area contributed by atoms with Crippen molar-refractivity contribution >= 4 is 40.6 Å². The van der Waals surface area contributed by atoms with E-state index in [0.29, 0.717) is 21.3 Å². The van der Waals surface area contributed by atoms with Crippen molar-refractivity contribution in [2.45, 2.75) is 19.9 Å². The van der Waals surface area contributed by atoms with Gasteiger partial charge in [0.2, 0.25) is 0 Å². The lowest BCUT2D eigenvalue weighted by atomic mass is 10.1. The Kier molecular flexibility index (Phi) is 5.96. The van der Waals surface area contributed by atoms with Crippen LogP contribution in [0.5, 0.6) is 0 Å². The summed E-state index contributed by atoms with van der Waals surface area (Å²) in [6.07, 6.45) is 0. The smallest absolute Gasteiger partial charge is 0.316 e. The molecule has 3 amide bonds. The Balaban J connectivity index is 1.72. The summed E-state index contributed by atoms with van der Waals surface area (Å²) in [5.74, 6) is -0.179. The highest BCUT2D eigenvalue weighted by molar-refractivity contribution is 7.17. The first kappa shape index (κ1) is 19.9. The Morgan fingerprint density at radius 3 is 2.36 bits per heavy atom. The molecule has 6 nitrogen and oxygen atoms in total. The second-order valence-electron chi connectivity index (χ2n) is 6.25. The Hall–Kier alpha value is -2.90. The number of nitrogens with two attached hydrogens (primary N) is 1. The molecule has 0 saturated heterocycles. The van der Waals surface area contributed by atoms with Crippen molar-refractivity contribution in [3.8, 4) is 10.6 Å². The number of nitrogens with zero attached hydrogens (tertiary/aromatic N) is 1. The molecule has 144 valence electrons. The van der Waals surface area contributed by atoms with Crippen LogP contribution in [-0.4, -0.2) is 16.9 Å². The number of primary amides is 1. The van der Waals surface area contributed by atoms with Crippen molar-refractivity contribution in [3.05, 3.63) is 69.7 Å². The number of aromatic nitrogens is 1. The molecule has 28 heavy (non-hydrogen) atoms. The molecule has 0 bridgehead atoms. The molecule has 0 aliphatic carbocycles. The lowest BCUT2D eigenvalue weighted by Gasteiger charge is -2.14. The number of halogens is 1. The summed E-state index contributed by atoms with van der Waals surface area (Å²) in [6, 6.07) is 13.7. The van der Waals surface area contributed by atoms with E-state index >= 15 is 0 Å². The number of anilines is 1. The van der Waals surface area contributed by atoms with Gasteiger partial charge in [-0.15, -0.1) is 11.3 Å². The highest BCUT2D eigenvalue weighted by Gasteiger charge is 2.18. The van der Waals surface area contributed by atoms with Gasteiger partial charge in [-0.2, -0.15) is 0 Å². The molecule has 0 saturated carbocycles. The number of urea groups is 1. The zero-order valence-corrected chi connectivity index (χ0v) is 16.9. The van der Waals surface area contributed by atoms with Gasteiger partial charge in [-0.1, -0.05) is 35.9 Å². The predicted molar refractivity (Wildman–Crippen MR) is 113 cm³/mol. The lowest BCUT2D eigenvalue weighted by Crippen LogP contribution is -2.26. The molecule has 0 spiro atoms. The van der Waals surface area contributed by atoms with E-state index in [1.165, 1.54) is 11.3 Å². The number of thiazole rings is 1. The number of hydrogen-bond acceptors (Lipinski definition) is 4. The highest BCUT2D eigenvalue weighted by atomic mass is 35.5. The molecule has 2 aromatic carbocycles. The summed E-state index contributed by atoms with van der Waals surface area (Å²) in [5, 5.41) is 6.91. The third-order valence-electron chi connectivity index (χ3n) is 4.12. The second-order valence-corrected chi connectivity index (χ2v) is 7.68. The van der Waals surface area contributed by atoms with E-state index in [9.17, 15) is 9.59 Å². The SMILES string of the molecule is Cc1nc(-c2ccc(Cl)cc2)sc1C(=O)NC(C)c1ccc(NC(N)=O)cc1. The summed E-state index contributed by atoms with van der Waals surface area (Å²) in [5.41, 5.74) is 8.20. The molecule has 0 radical (unpaired) electrons. The summed E-state index contributed by atoms with van der Waals surface area (Å²) in [4.78, 5) is 28.7. The molecule has 0 aliphatic rings. The molecule has 1 aromatic heterocycles. The summed E-state index contributed by atoms with van der Waals surface area (Å²) in [6.45, 7) is 3.71. The van der Waals surface area contributed by atoms with E-state index in [1.807, 2.05) is 38.1 Å². The van der Waals surface area contributed by atoms with Crippen LogP contribution in [-0.2, 0) is 0 Å². The van der Waals surface area contributed by atoms with Gasteiger partial charge in [-0.3, -0.25) is 4.79 Å². The predicted octanol–water partition coefficient (Wildman–Crippen LogP) is 4.75. The molecule has 4 N–H and O–H groups in total. The summed E-state index contributed by atoms with van der Waals surface area (Å²) >= 11 is 7.27. The van der Waals surface area contributed by atoms with E-state index in [4.69, 9.17) is 17.3 Å². The molecular weight excluding hydrogens is 396 g/mol. The van der Waals surface area contributed by atoms with E-state index in [1.54, 1.807) is 24.3 Å². The van der Waals surface area contributed by atoms with Crippen molar-refractivity contribution in [2.75, 3.05) is 5.32 Å². The number of nitrogens with one attached hydrogen (secondary N) is 2. The third kappa shape index (κ3) is 4.68. The Labute approximate surface area is 171 Å². The molecule has 0 aliphatic heterocycles. The number of carbonyl (C=O) groups is 2. The Bertz CT molecular complexity index is 1000. The minimum Gasteiger partial charge on any atom is -0.351 e. The molecule has 1 atom stereocenters. The average molecular weight is 415 g/mol. The van der Waals surface area contributed by atoms with Gasteiger partial charge in [0.25, 0.3) is 5.91 Å². The highest BCUT2D eigenvalue weighted by Crippen LogP contribution is 2.29. The number of hydrogen-bond donors (Lipinski definition) is 3. The Morgan fingerprint density at radius 1 is 1.11 bits per heavy atom. The summed E-state index contributed by atoms with van der Waals surface area (Å²) < 4.78 is 0. The first-order valence-electron chi connectivity index (χ1n) is 8.54. The van der Waals surface area contributed by atoms with Crippen LogP contribution >= 0.6 is 22.9 Å². The van der Waals surface area contributed by atoms with Crippen LogP contribution in [0.2, 0.25) is 5.02 Å². The second kappa shape index (κ2) is 8.41. The van der Waals surface area contributed by atoms with Crippen molar-refractivity contribution in [2.24, 2.45) is 5.73 Å². The van der Waals surface area contributed by atoms with Crippen molar-refractivity contribution in [1.29, 1.82) is 0 Å². The normalized spacial score (nSPS) is 11.7. The minimum atomic E-state index is -0.619. The van der Waals surface area contributed by atoms with Gasteiger partial charge < -0.3 is 16.4 Å². The van der Waals surface area contributed by atoms with E-state index in [-0.39, 0.29) is 11.9 Å². The van der Waals surface area contributed by atoms with Crippen LogP contribution in [0.25, 0.3) is 10.6 Å². The first-order chi connectivity index (χ1) is 13.3. The van der Waals surface area contributed by atoms with Crippen LogP contribution < -0.4 is 16.4 Å². The number of amides is 3. The number of benzene rings is 2. The van der Waals surface area contributed by atoms with Crippen molar-refractivity contribution in [3.63, 3.8) is 0 Å². The fraction of sp³-hybridized carbons (Fsp3) is 0.150. The molecule has 3 aromatic rings. The van der Waals surface area contributed by atoms with Crippen LogP contribution in [0.1, 0.15) is 33.9 Å². The maximum atomic E-state index is 12.7. The maximum Gasteiger partial charge on any atom is 0.316 e. The fourth-order valence-corrected chi connectivity index (χ4v) is 3.77. The van der Waals surface area contributed by atoms with Crippen LogP contribution in [0.4, 0.5) is 10.5 Å². The van der Waals surface area contributed by atoms with Gasteiger partial charge >= 0.3 is 6.03 Å². The third-order valence-corrected chi connectivity index (χ3v) is 5.58. The van der Waals surface area contributed by atoms with Crippen molar-refractivity contribution in [1.82, 2.24) is 10.3 Å². The quantitative estimate of drug-likeness (QED) is 0.561. The fourth-order valence-electron chi connectivity index (χ4n) is 2.67. The number of carbonyl (C=O) groups excluding carboxylic acids is 2. The monoisotopic (exact) mass is 414 g/mol. The molecule has 0 fully saturated rings. The van der Waals surface area contributed by atoms with E-state index in [0.717, 1.165) is 16.1 Å². The first-order valence-corrected chi connectivity index (χ1v) is 9.73. The zero-order valence-electron chi connectivity index (χ0n) is 15.3. The summed E-state index contributed by atoms with van der Waals surface area (Å²) in [7, 11) is 0. The zero-order chi connectivity index (χ0) is 20.3. The van der Waals surface area contributed by atoms with Gasteiger partial charge in [0, 0.05) is 16.3 Å². The number of rotatable bonds is 5. The lowest BCUT2D eigenvalue weighted by molar-refractivity contribution is 0.0943. The largest absolute Gasteiger partial charge is 0.351 e. The van der Waals surface area contributed by atoms with Crippen LogP contribution in [0, 0.1) is 6.92 Å². The van der Waals surface area contributed by atoms with Gasteiger partial charge in [-0.25, -0.2) is 9.78 Å². The van der Waals surface area contributed by atoms with Gasteiger partial charge in [0.1, 0.15) is 9.88 Å². The molecule has 1 heterocycles. The Morgan fingerprint density at radius 2 is 1.75 bits per heavy atom. The molecular formula is C20H19ClN4O2S. The van der Waals surface area contributed by atoms with Crippen molar-refractivity contribution < 1.29 is 9.59 Å². The minimum absolute atomic E-state index is 0.179. The van der Waals surface area contributed by atoms with E-state index in [2.05, 4.69) is 15.6 Å². The molecule has 1 unspecified atom stereocenters. The number of aryl methyl sites for hydroxylation is 1. The van der Waals surface area contributed by atoms with E-state index < -0.39 is 6.03 Å².